The van der Waals surface area contributed by atoms with Crippen molar-refractivity contribution in [1.29, 1.82) is 0 Å². The van der Waals surface area contributed by atoms with Gasteiger partial charge in [-0.2, -0.15) is 0 Å². The Morgan fingerprint density at radius 2 is 1.84 bits per heavy atom. The standard InChI is InChI=1S/C16H18N2O/c1-3-18(4-2)16(19)15-10-6-5-9-14(15)13-8-7-11-17-12-13/h5-12H,3-4H2,1-2H3. The molecule has 0 radical (unpaired) electrons. The number of benzene rings is 1. The molecule has 1 aromatic heterocycles. The minimum absolute atomic E-state index is 0.0736. The summed E-state index contributed by atoms with van der Waals surface area (Å²) < 4.78 is 0. The van der Waals surface area contributed by atoms with Crippen LogP contribution in [-0.4, -0.2) is 28.9 Å². The normalized spacial score (nSPS) is 10.2. The van der Waals surface area contributed by atoms with Crippen molar-refractivity contribution in [1.82, 2.24) is 9.88 Å². The average Bonchev–Trinajstić information content (AvgIpc) is 2.49. The maximum atomic E-state index is 12.5. The number of carbonyl (C=O) groups excluding carboxylic acids is 1. The Kier molecular flexibility index (Phi) is 4.29. The summed E-state index contributed by atoms with van der Waals surface area (Å²) in [5.41, 5.74) is 2.64. The Hall–Kier alpha value is -2.16. The lowest BCUT2D eigenvalue weighted by Crippen LogP contribution is -2.30. The number of nitrogens with zero attached hydrogens (tertiary/aromatic N) is 2. The summed E-state index contributed by atoms with van der Waals surface area (Å²) in [6.07, 6.45) is 3.52. The van der Waals surface area contributed by atoms with Gasteiger partial charge >= 0.3 is 0 Å². The molecule has 0 fully saturated rings. The van der Waals surface area contributed by atoms with Gasteiger partial charge in [0, 0.05) is 36.6 Å². The molecule has 19 heavy (non-hydrogen) atoms. The van der Waals surface area contributed by atoms with Gasteiger partial charge in [-0.3, -0.25) is 9.78 Å². The van der Waals surface area contributed by atoms with Crippen LogP contribution in [-0.2, 0) is 0 Å². The summed E-state index contributed by atoms with van der Waals surface area (Å²) in [7, 11) is 0. The SMILES string of the molecule is CCN(CC)C(=O)c1ccccc1-c1cccnc1. The quantitative estimate of drug-likeness (QED) is 0.839. The number of aromatic nitrogens is 1. The van der Waals surface area contributed by atoms with E-state index in [1.54, 1.807) is 12.4 Å². The number of carbonyl (C=O) groups is 1. The number of pyridine rings is 1. The smallest absolute Gasteiger partial charge is 0.254 e. The van der Waals surface area contributed by atoms with E-state index in [1.807, 2.05) is 55.1 Å². The van der Waals surface area contributed by atoms with Crippen molar-refractivity contribution in [3.8, 4) is 11.1 Å². The highest BCUT2D eigenvalue weighted by molar-refractivity contribution is 6.00. The van der Waals surface area contributed by atoms with Gasteiger partial charge in [-0.1, -0.05) is 24.3 Å². The van der Waals surface area contributed by atoms with Crippen LogP contribution in [0.15, 0.2) is 48.8 Å². The third-order valence-corrected chi connectivity index (χ3v) is 3.18. The second-order valence-electron chi connectivity index (χ2n) is 4.26. The monoisotopic (exact) mass is 254 g/mol. The van der Waals surface area contributed by atoms with E-state index in [2.05, 4.69) is 4.98 Å². The van der Waals surface area contributed by atoms with Crippen LogP contribution < -0.4 is 0 Å². The van der Waals surface area contributed by atoms with Gasteiger partial charge in [0.15, 0.2) is 0 Å². The highest BCUT2D eigenvalue weighted by Crippen LogP contribution is 2.23. The van der Waals surface area contributed by atoms with Crippen LogP contribution in [0.1, 0.15) is 24.2 Å². The lowest BCUT2D eigenvalue weighted by molar-refractivity contribution is 0.0774. The molecular weight excluding hydrogens is 236 g/mol. The zero-order valence-corrected chi connectivity index (χ0v) is 11.3. The summed E-state index contributed by atoms with van der Waals surface area (Å²) >= 11 is 0. The Balaban J connectivity index is 2.45. The van der Waals surface area contributed by atoms with E-state index in [4.69, 9.17) is 0 Å². The molecule has 0 spiro atoms. The number of rotatable bonds is 4. The number of hydrogen-bond acceptors (Lipinski definition) is 2. The Bertz CT molecular complexity index is 548. The van der Waals surface area contributed by atoms with Gasteiger partial charge in [0.2, 0.25) is 0 Å². The van der Waals surface area contributed by atoms with Crippen molar-refractivity contribution in [3.63, 3.8) is 0 Å². The van der Waals surface area contributed by atoms with Crippen molar-refractivity contribution in [2.45, 2.75) is 13.8 Å². The van der Waals surface area contributed by atoms with Crippen LogP contribution in [0, 0.1) is 0 Å². The van der Waals surface area contributed by atoms with Crippen LogP contribution in [0.25, 0.3) is 11.1 Å². The maximum Gasteiger partial charge on any atom is 0.254 e. The molecule has 0 unspecified atom stereocenters. The van der Waals surface area contributed by atoms with Crippen molar-refractivity contribution in [2.75, 3.05) is 13.1 Å². The predicted octanol–water partition coefficient (Wildman–Crippen LogP) is 3.23. The Morgan fingerprint density at radius 3 is 2.47 bits per heavy atom. The van der Waals surface area contributed by atoms with Gasteiger partial charge in [-0.15, -0.1) is 0 Å². The van der Waals surface area contributed by atoms with E-state index in [-0.39, 0.29) is 5.91 Å². The first-order chi connectivity index (χ1) is 9.27. The fourth-order valence-electron chi connectivity index (χ4n) is 2.12. The third-order valence-electron chi connectivity index (χ3n) is 3.18. The first-order valence-electron chi connectivity index (χ1n) is 6.56. The van der Waals surface area contributed by atoms with E-state index in [9.17, 15) is 4.79 Å². The van der Waals surface area contributed by atoms with Gasteiger partial charge in [-0.05, 0) is 31.5 Å². The molecule has 1 amide bonds. The van der Waals surface area contributed by atoms with E-state index < -0.39 is 0 Å². The van der Waals surface area contributed by atoms with Crippen LogP contribution in [0.4, 0.5) is 0 Å². The van der Waals surface area contributed by atoms with Crippen LogP contribution in [0.3, 0.4) is 0 Å². The molecule has 98 valence electrons. The maximum absolute atomic E-state index is 12.5. The molecule has 3 heteroatoms. The second kappa shape index (κ2) is 6.14. The lowest BCUT2D eigenvalue weighted by atomic mass is 10.0. The third kappa shape index (κ3) is 2.81. The fraction of sp³-hybridized carbons (Fsp3) is 0.250. The molecule has 0 bridgehead atoms. The van der Waals surface area contributed by atoms with Crippen LogP contribution in [0.2, 0.25) is 0 Å². The van der Waals surface area contributed by atoms with Gasteiger partial charge in [0.05, 0.1) is 0 Å². The number of amides is 1. The van der Waals surface area contributed by atoms with E-state index in [0.29, 0.717) is 0 Å². The van der Waals surface area contributed by atoms with Crippen molar-refractivity contribution in [2.24, 2.45) is 0 Å². The summed E-state index contributed by atoms with van der Waals surface area (Å²) in [6, 6.07) is 11.5. The first kappa shape index (κ1) is 13.3. The van der Waals surface area contributed by atoms with Gasteiger partial charge in [-0.25, -0.2) is 0 Å². The molecule has 0 aliphatic carbocycles. The molecule has 2 rings (SSSR count). The Labute approximate surface area is 113 Å². The van der Waals surface area contributed by atoms with Crippen molar-refractivity contribution < 1.29 is 4.79 Å². The second-order valence-corrected chi connectivity index (χ2v) is 4.26. The van der Waals surface area contributed by atoms with Crippen molar-refractivity contribution in [3.05, 3.63) is 54.4 Å². The van der Waals surface area contributed by atoms with E-state index in [1.165, 1.54) is 0 Å². The van der Waals surface area contributed by atoms with Gasteiger partial charge in [0.25, 0.3) is 5.91 Å². The van der Waals surface area contributed by atoms with E-state index >= 15 is 0 Å². The zero-order valence-electron chi connectivity index (χ0n) is 11.3. The topological polar surface area (TPSA) is 33.2 Å². The largest absolute Gasteiger partial charge is 0.339 e. The molecular formula is C16H18N2O. The predicted molar refractivity (Wildman–Crippen MR) is 76.9 cm³/mol. The highest BCUT2D eigenvalue weighted by Gasteiger charge is 2.16. The molecule has 0 saturated heterocycles. The Morgan fingerprint density at radius 1 is 1.11 bits per heavy atom. The minimum Gasteiger partial charge on any atom is -0.339 e. The molecule has 1 aromatic carbocycles. The summed E-state index contributed by atoms with van der Waals surface area (Å²) in [6.45, 7) is 5.43. The lowest BCUT2D eigenvalue weighted by Gasteiger charge is -2.20. The fourth-order valence-corrected chi connectivity index (χ4v) is 2.12. The molecule has 0 saturated carbocycles. The molecule has 1 heterocycles. The summed E-state index contributed by atoms with van der Waals surface area (Å²) in [4.78, 5) is 18.5. The van der Waals surface area contributed by atoms with Crippen molar-refractivity contribution >= 4 is 5.91 Å². The first-order valence-corrected chi connectivity index (χ1v) is 6.56. The molecule has 0 aliphatic rings. The minimum atomic E-state index is 0.0736. The summed E-state index contributed by atoms with van der Waals surface area (Å²) in [5.74, 6) is 0.0736. The van der Waals surface area contributed by atoms with E-state index in [0.717, 1.165) is 29.8 Å². The number of hydrogen-bond donors (Lipinski definition) is 0. The van der Waals surface area contributed by atoms with Gasteiger partial charge < -0.3 is 4.90 Å². The van der Waals surface area contributed by atoms with Crippen LogP contribution >= 0.6 is 0 Å². The average molecular weight is 254 g/mol. The molecule has 0 aliphatic heterocycles. The van der Waals surface area contributed by atoms with Crippen LogP contribution in [0.5, 0.6) is 0 Å². The van der Waals surface area contributed by atoms with Gasteiger partial charge in [0.1, 0.15) is 0 Å². The zero-order chi connectivity index (χ0) is 13.7. The molecule has 0 atom stereocenters. The molecule has 3 nitrogen and oxygen atoms in total. The summed E-state index contributed by atoms with van der Waals surface area (Å²) in [5, 5.41) is 0. The highest BCUT2D eigenvalue weighted by atomic mass is 16.2. The molecule has 2 aromatic rings. The molecule has 0 N–H and O–H groups in total.